The molecule has 0 radical (unpaired) electrons. The summed E-state index contributed by atoms with van der Waals surface area (Å²) >= 11 is 1.21. The number of amidine groups is 1. The quantitative estimate of drug-likeness (QED) is 0.820. The largest absolute Gasteiger partial charge is 0.399 e. The number of nitrogen functional groups attached to an aromatic ring is 1. The predicted molar refractivity (Wildman–Crippen MR) is 78.9 cm³/mol. The standard InChI is InChI=1S/C14H15F2N3OS/c1-6(20)14-5-10(14)13(2,19-12(18)21-14)8-3-7(17)4-9(15)11(8)16/h3-4,10H,5,17H2,1-2H3,(H2,18,19)/t10?,13-,14-/m1/s1. The van der Waals surface area contributed by atoms with E-state index in [4.69, 9.17) is 11.5 Å². The maximum absolute atomic E-state index is 14.2. The van der Waals surface area contributed by atoms with Crippen molar-refractivity contribution in [3.8, 4) is 0 Å². The van der Waals surface area contributed by atoms with Gasteiger partial charge < -0.3 is 11.5 Å². The van der Waals surface area contributed by atoms with Crippen LogP contribution >= 0.6 is 11.8 Å². The van der Waals surface area contributed by atoms with Crippen LogP contribution in [0.2, 0.25) is 0 Å². The first-order valence-corrected chi connectivity index (χ1v) is 7.33. The second kappa shape index (κ2) is 4.19. The van der Waals surface area contributed by atoms with Crippen LogP contribution in [0.1, 0.15) is 25.8 Å². The Labute approximate surface area is 125 Å². The fraction of sp³-hybridized carbons (Fsp3) is 0.429. The number of carbonyl (C=O) groups is 1. The van der Waals surface area contributed by atoms with Gasteiger partial charge in [-0.2, -0.15) is 0 Å². The number of nitrogens with two attached hydrogens (primary N) is 2. The molecule has 0 aromatic heterocycles. The molecule has 4 N–H and O–H groups in total. The summed E-state index contributed by atoms with van der Waals surface area (Å²) < 4.78 is 27.2. The first-order valence-electron chi connectivity index (χ1n) is 6.51. The Morgan fingerprint density at radius 2 is 2.10 bits per heavy atom. The highest BCUT2D eigenvalue weighted by molar-refractivity contribution is 8.15. The van der Waals surface area contributed by atoms with Crippen molar-refractivity contribution >= 4 is 28.4 Å². The minimum absolute atomic E-state index is 0.0219. The van der Waals surface area contributed by atoms with Gasteiger partial charge in [0, 0.05) is 17.2 Å². The smallest absolute Gasteiger partial charge is 0.164 e. The Bertz CT molecular complexity index is 693. The summed E-state index contributed by atoms with van der Waals surface area (Å²) in [6.45, 7) is 3.16. The van der Waals surface area contributed by atoms with E-state index in [1.165, 1.54) is 24.8 Å². The van der Waals surface area contributed by atoms with E-state index < -0.39 is 21.9 Å². The fourth-order valence-corrected chi connectivity index (χ4v) is 4.59. The van der Waals surface area contributed by atoms with Crippen molar-refractivity contribution in [3.63, 3.8) is 0 Å². The molecule has 1 unspecified atom stereocenters. The molecule has 0 amide bonds. The number of hydrogen-bond acceptors (Lipinski definition) is 5. The van der Waals surface area contributed by atoms with Crippen LogP contribution in [0.4, 0.5) is 14.5 Å². The first-order chi connectivity index (χ1) is 9.70. The van der Waals surface area contributed by atoms with Crippen LogP contribution in [-0.2, 0) is 10.3 Å². The summed E-state index contributed by atoms with van der Waals surface area (Å²) in [6, 6.07) is 2.30. The molecule has 1 fully saturated rings. The Balaban J connectivity index is 2.18. The van der Waals surface area contributed by atoms with Gasteiger partial charge in [-0.15, -0.1) is 0 Å². The monoisotopic (exact) mass is 311 g/mol. The van der Waals surface area contributed by atoms with Crippen LogP contribution in [0.5, 0.6) is 0 Å². The fourth-order valence-electron chi connectivity index (χ4n) is 3.21. The number of fused-ring (bicyclic) bond motifs is 1. The van der Waals surface area contributed by atoms with Crippen LogP contribution in [-0.4, -0.2) is 15.7 Å². The van der Waals surface area contributed by atoms with Gasteiger partial charge >= 0.3 is 0 Å². The lowest BCUT2D eigenvalue weighted by Crippen LogP contribution is -2.38. The van der Waals surface area contributed by atoms with E-state index in [-0.39, 0.29) is 28.1 Å². The van der Waals surface area contributed by atoms with Gasteiger partial charge in [0.1, 0.15) is 5.78 Å². The molecule has 1 saturated carbocycles. The summed E-state index contributed by atoms with van der Waals surface area (Å²) in [5.41, 5.74) is 10.5. The van der Waals surface area contributed by atoms with Gasteiger partial charge in [0.05, 0.1) is 10.3 Å². The molecular formula is C14H15F2N3OS. The average Bonchev–Trinajstić information content (AvgIpc) is 3.10. The third kappa shape index (κ3) is 1.87. The van der Waals surface area contributed by atoms with Gasteiger partial charge in [-0.1, -0.05) is 11.8 Å². The molecule has 1 heterocycles. The molecule has 112 valence electrons. The number of carbonyl (C=O) groups excluding carboxylic acids is 1. The summed E-state index contributed by atoms with van der Waals surface area (Å²) in [7, 11) is 0. The van der Waals surface area contributed by atoms with Crippen molar-refractivity contribution in [2.75, 3.05) is 5.73 Å². The van der Waals surface area contributed by atoms with E-state index in [1.54, 1.807) is 6.92 Å². The number of Topliss-reactive ketones (excluding diaryl/α,β-unsaturated/α-hetero) is 1. The summed E-state index contributed by atoms with van der Waals surface area (Å²) in [5.74, 6) is -2.24. The number of anilines is 1. The van der Waals surface area contributed by atoms with E-state index in [2.05, 4.69) is 4.99 Å². The molecule has 7 heteroatoms. The van der Waals surface area contributed by atoms with Gasteiger partial charge in [-0.05, 0) is 32.4 Å². The Morgan fingerprint density at radius 3 is 2.71 bits per heavy atom. The minimum atomic E-state index is -1.08. The lowest BCUT2D eigenvalue weighted by molar-refractivity contribution is -0.117. The van der Waals surface area contributed by atoms with Crippen LogP contribution in [0, 0.1) is 17.6 Å². The Kier molecular flexibility index (Phi) is 2.86. The molecule has 0 bridgehead atoms. The topological polar surface area (TPSA) is 81.5 Å². The van der Waals surface area contributed by atoms with Gasteiger partial charge in [-0.25, -0.2) is 8.78 Å². The highest BCUT2D eigenvalue weighted by Crippen LogP contribution is 2.66. The van der Waals surface area contributed by atoms with Gasteiger partial charge in [0.25, 0.3) is 0 Å². The van der Waals surface area contributed by atoms with Crippen LogP contribution in [0.15, 0.2) is 17.1 Å². The van der Waals surface area contributed by atoms with Crippen molar-refractivity contribution in [1.82, 2.24) is 0 Å². The lowest BCUT2D eigenvalue weighted by Gasteiger charge is -2.33. The summed E-state index contributed by atoms with van der Waals surface area (Å²) in [6.07, 6.45) is 0.545. The lowest BCUT2D eigenvalue weighted by atomic mass is 9.85. The Hall–Kier alpha value is -1.63. The van der Waals surface area contributed by atoms with Crippen LogP contribution in [0.3, 0.4) is 0 Å². The third-order valence-corrected chi connectivity index (χ3v) is 5.81. The SMILES string of the molecule is CC(=O)[C@]12CC1[C@@](C)(c1cc(N)cc(F)c1F)N=C(N)S2. The van der Waals surface area contributed by atoms with E-state index in [0.717, 1.165) is 6.07 Å². The van der Waals surface area contributed by atoms with Crippen molar-refractivity contribution in [3.05, 3.63) is 29.3 Å². The summed E-state index contributed by atoms with van der Waals surface area (Å²) in [4.78, 5) is 16.2. The van der Waals surface area contributed by atoms with Gasteiger partial charge in [0.15, 0.2) is 16.8 Å². The number of halogens is 2. The maximum atomic E-state index is 14.2. The number of benzene rings is 1. The van der Waals surface area contributed by atoms with Crippen LogP contribution in [0.25, 0.3) is 0 Å². The zero-order chi connectivity index (χ0) is 15.6. The van der Waals surface area contributed by atoms with E-state index in [1.807, 2.05) is 0 Å². The number of ketones is 1. The predicted octanol–water partition coefficient (Wildman–Crippen LogP) is 2.17. The minimum Gasteiger partial charge on any atom is -0.399 e. The molecule has 3 rings (SSSR count). The van der Waals surface area contributed by atoms with E-state index in [0.29, 0.717) is 6.42 Å². The molecule has 0 spiro atoms. The molecule has 2 aliphatic rings. The molecule has 4 nitrogen and oxygen atoms in total. The van der Waals surface area contributed by atoms with E-state index >= 15 is 0 Å². The third-order valence-electron chi connectivity index (χ3n) is 4.41. The second-order valence-corrected chi connectivity index (χ2v) is 7.12. The van der Waals surface area contributed by atoms with Gasteiger partial charge in [0.2, 0.25) is 0 Å². The highest BCUT2D eigenvalue weighted by atomic mass is 32.2. The van der Waals surface area contributed by atoms with Crippen molar-refractivity contribution in [2.24, 2.45) is 16.6 Å². The van der Waals surface area contributed by atoms with Crippen molar-refractivity contribution in [1.29, 1.82) is 0 Å². The molecular weight excluding hydrogens is 296 g/mol. The number of rotatable bonds is 2. The molecule has 1 aromatic carbocycles. The van der Waals surface area contributed by atoms with Gasteiger partial charge in [-0.3, -0.25) is 9.79 Å². The number of aliphatic imine (C=N–C) groups is 1. The summed E-state index contributed by atoms with van der Waals surface area (Å²) in [5, 5.41) is 0.212. The average molecular weight is 311 g/mol. The number of nitrogens with zero attached hydrogens (tertiary/aromatic N) is 1. The molecule has 21 heavy (non-hydrogen) atoms. The van der Waals surface area contributed by atoms with Crippen molar-refractivity contribution < 1.29 is 13.6 Å². The van der Waals surface area contributed by atoms with Crippen molar-refractivity contribution in [2.45, 2.75) is 30.6 Å². The maximum Gasteiger partial charge on any atom is 0.164 e. The molecule has 3 atom stereocenters. The molecule has 1 aliphatic heterocycles. The van der Waals surface area contributed by atoms with E-state index in [9.17, 15) is 13.6 Å². The number of thioether (sulfide) groups is 1. The zero-order valence-corrected chi connectivity index (χ0v) is 12.4. The Morgan fingerprint density at radius 1 is 1.43 bits per heavy atom. The normalized spacial score (nSPS) is 34.1. The molecule has 1 aliphatic carbocycles. The molecule has 0 saturated heterocycles. The first kappa shape index (κ1) is 14.3. The molecule has 1 aromatic rings. The highest BCUT2D eigenvalue weighted by Gasteiger charge is 2.69. The second-order valence-electron chi connectivity index (χ2n) is 5.77. The number of hydrogen-bond donors (Lipinski definition) is 2. The van der Waals surface area contributed by atoms with Crippen LogP contribution < -0.4 is 11.5 Å². The zero-order valence-electron chi connectivity index (χ0n) is 11.6.